The van der Waals surface area contributed by atoms with Crippen LogP contribution < -0.4 is 0 Å². The van der Waals surface area contributed by atoms with Gasteiger partial charge in [0.05, 0.1) is 19.8 Å². The number of hydrogen-bond acceptors (Lipinski definition) is 6. The van der Waals surface area contributed by atoms with Crippen LogP contribution in [0.4, 0.5) is 0 Å². The van der Waals surface area contributed by atoms with Crippen LogP contribution in [0.1, 0.15) is 26.2 Å². The Labute approximate surface area is 88.2 Å². The molecule has 1 aliphatic rings. The molecular weight excluding hydrogens is 204 g/mol. The van der Waals surface area contributed by atoms with E-state index in [1.165, 1.54) is 0 Å². The Hall–Kier alpha value is -0.690. The highest BCUT2D eigenvalue weighted by atomic mass is 17.3. The van der Waals surface area contributed by atoms with Crippen LogP contribution >= 0.6 is 0 Å². The van der Waals surface area contributed by atoms with E-state index >= 15 is 0 Å². The van der Waals surface area contributed by atoms with E-state index in [1.807, 2.05) is 0 Å². The van der Waals surface area contributed by atoms with Crippen LogP contribution in [0.5, 0.6) is 0 Å². The summed E-state index contributed by atoms with van der Waals surface area (Å²) < 4.78 is 4.74. The molecule has 0 amide bonds. The molecule has 0 aromatic carbocycles. The first kappa shape index (κ1) is 12.4. The third-order valence-electron chi connectivity index (χ3n) is 1.69. The molecule has 0 N–H and O–H groups in total. The smallest absolute Gasteiger partial charge is 0.311 e. The monoisotopic (exact) mass is 220 g/mol. The topological polar surface area (TPSA) is 63.2 Å². The normalized spacial score (nSPS) is 20.1. The summed E-state index contributed by atoms with van der Waals surface area (Å²) in [5.74, 6) is -0.408. The lowest BCUT2D eigenvalue weighted by Gasteiger charge is -2.13. The van der Waals surface area contributed by atoms with Crippen LogP contribution in [-0.2, 0) is 29.1 Å². The summed E-state index contributed by atoms with van der Waals surface area (Å²) in [6, 6.07) is 0. The first-order chi connectivity index (χ1) is 7.33. The lowest BCUT2D eigenvalue weighted by atomic mass is 10.3. The van der Waals surface area contributed by atoms with Gasteiger partial charge in [0.25, 0.3) is 0 Å². The molecule has 0 aromatic rings. The molecule has 0 aliphatic carbocycles. The van der Waals surface area contributed by atoms with Gasteiger partial charge in [0.1, 0.15) is 6.42 Å². The van der Waals surface area contributed by atoms with Gasteiger partial charge < -0.3 is 4.74 Å². The van der Waals surface area contributed by atoms with Crippen molar-refractivity contribution in [1.29, 1.82) is 0 Å². The molecule has 0 unspecified atom stereocenters. The quantitative estimate of drug-likeness (QED) is 0.521. The van der Waals surface area contributed by atoms with Gasteiger partial charge in [0.15, 0.2) is 0 Å². The highest BCUT2D eigenvalue weighted by molar-refractivity contribution is 5.69. The molecule has 0 aromatic heterocycles. The van der Waals surface area contributed by atoms with Gasteiger partial charge in [0.2, 0.25) is 6.29 Å². The average Bonchev–Trinajstić information content (AvgIpc) is 2.32. The van der Waals surface area contributed by atoms with E-state index in [2.05, 4.69) is 0 Å². The molecule has 15 heavy (non-hydrogen) atoms. The van der Waals surface area contributed by atoms with Gasteiger partial charge in [-0.1, -0.05) is 0 Å². The zero-order valence-corrected chi connectivity index (χ0v) is 8.77. The highest BCUT2D eigenvalue weighted by Crippen LogP contribution is 2.08. The van der Waals surface area contributed by atoms with Crippen molar-refractivity contribution in [3.63, 3.8) is 0 Å². The first-order valence-corrected chi connectivity index (χ1v) is 5.05. The largest absolute Gasteiger partial charge is 0.466 e. The number of esters is 1. The van der Waals surface area contributed by atoms with Crippen LogP contribution in [0, 0.1) is 0 Å². The van der Waals surface area contributed by atoms with Crippen LogP contribution in [0.2, 0.25) is 0 Å². The zero-order chi connectivity index (χ0) is 10.9. The van der Waals surface area contributed by atoms with Gasteiger partial charge in [-0.05, 0) is 19.8 Å². The molecule has 1 rings (SSSR count). The minimum Gasteiger partial charge on any atom is -0.466 e. The summed E-state index contributed by atoms with van der Waals surface area (Å²) in [6.07, 6.45) is 0.751. The molecule has 88 valence electrons. The Balaban J connectivity index is 2.26. The molecule has 6 nitrogen and oxygen atoms in total. The number of ether oxygens (including phenoxy) is 1. The average molecular weight is 220 g/mol. The van der Waals surface area contributed by atoms with Crippen molar-refractivity contribution in [3.8, 4) is 0 Å². The minimum absolute atomic E-state index is 0.0478. The molecule has 1 fully saturated rings. The number of rotatable bonds is 3. The molecule has 1 aliphatic heterocycles. The third kappa shape index (κ3) is 5.68. The molecule has 1 saturated heterocycles. The van der Waals surface area contributed by atoms with Crippen molar-refractivity contribution in [3.05, 3.63) is 0 Å². The van der Waals surface area contributed by atoms with Gasteiger partial charge in [-0.25, -0.2) is 19.6 Å². The van der Waals surface area contributed by atoms with E-state index < -0.39 is 12.3 Å². The van der Waals surface area contributed by atoms with Gasteiger partial charge in [-0.3, -0.25) is 4.79 Å². The summed E-state index contributed by atoms with van der Waals surface area (Å²) in [5.41, 5.74) is 0. The van der Waals surface area contributed by atoms with E-state index in [0.717, 1.165) is 12.8 Å². The fourth-order valence-corrected chi connectivity index (χ4v) is 1.01. The maximum Gasteiger partial charge on any atom is 0.311 e. The lowest BCUT2D eigenvalue weighted by molar-refractivity contribution is -0.456. The van der Waals surface area contributed by atoms with Crippen molar-refractivity contribution in [1.82, 2.24) is 0 Å². The van der Waals surface area contributed by atoms with Crippen LogP contribution in [0.3, 0.4) is 0 Å². The van der Waals surface area contributed by atoms with Crippen molar-refractivity contribution in [2.75, 3.05) is 19.8 Å². The van der Waals surface area contributed by atoms with Gasteiger partial charge >= 0.3 is 5.97 Å². The first-order valence-electron chi connectivity index (χ1n) is 5.05. The maximum atomic E-state index is 11.1. The summed E-state index contributed by atoms with van der Waals surface area (Å²) in [5, 5.41) is 0. The van der Waals surface area contributed by atoms with E-state index in [4.69, 9.17) is 24.3 Å². The Morgan fingerprint density at radius 1 is 1.27 bits per heavy atom. The van der Waals surface area contributed by atoms with Crippen LogP contribution in [-0.4, -0.2) is 32.1 Å². The van der Waals surface area contributed by atoms with Crippen LogP contribution in [0.25, 0.3) is 0 Å². The number of carbonyl (C=O) groups is 1. The SMILES string of the molecule is CCOC(=O)CC1OOCCCCOO1. The van der Waals surface area contributed by atoms with E-state index in [9.17, 15) is 4.79 Å². The zero-order valence-electron chi connectivity index (χ0n) is 8.77. The number of hydrogen-bond donors (Lipinski definition) is 0. The molecular formula is C9H16O6. The molecule has 0 saturated carbocycles. The van der Waals surface area contributed by atoms with E-state index in [0.29, 0.717) is 19.8 Å². The fraction of sp³-hybridized carbons (Fsp3) is 0.889. The minimum atomic E-state index is -0.859. The molecule has 1 heterocycles. The van der Waals surface area contributed by atoms with Gasteiger partial charge in [-0.2, -0.15) is 0 Å². The second-order valence-corrected chi connectivity index (χ2v) is 2.98. The van der Waals surface area contributed by atoms with E-state index in [-0.39, 0.29) is 6.42 Å². The molecule has 6 heteroatoms. The summed E-state index contributed by atoms with van der Waals surface area (Å²) in [6.45, 7) is 2.99. The molecule has 0 radical (unpaired) electrons. The van der Waals surface area contributed by atoms with E-state index in [1.54, 1.807) is 6.92 Å². The van der Waals surface area contributed by atoms with Crippen molar-refractivity contribution in [2.45, 2.75) is 32.5 Å². The molecule has 0 bridgehead atoms. The summed E-state index contributed by atoms with van der Waals surface area (Å²) >= 11 is 0. The van der Waals surface area contributed by atoms with Crippen molar-refractivity contribution >= 4 is 5.97 Å². The van der Waals surface area contributed by atoms with Gasteiger partial charge in [0, 0.05) is 0 Å². The van der Waals surface area contributed by atoms with Crippen molar-refractivity contribution in [2.24, 2.45) is 0 Å². The Kier molecular flexibility index (Phi) is 6.26. The second-order valence-electron chi connectivity index (χ2n) is 2.98. The van der Waals surface area contributed by atoms with Crippen LogP contribution in [0.15, 0.2) is 0 Å². The Morgan fingerprint density at radius 3 is 2.40 bits per heavy atom. The Bertz CT molecular complexity index is 173. The predicted octanol–water partition coefficient (Wildman–Crippen LogP) is 0.956. The second kappa shape index (κ2) is 7.58. The Morgan fingerprint density at radius 2 is 1.87 bits per heavy atom. The molecule has 0 atom stereocenters. The molecule has 0 spiro atoms. The highest BCUT2D eigenvalue weighted by Gasteiger charge is 2.19. The fourth-order valence-electron chi connectivity index (χ4n) is 1.01. The lowest BCUT2D eigenvalue weighted by Crippen LogP contribution is -2.22. The van der Waals surface area contributed by atoms with Gasteiger partial charge in [-0.15, -0.1) is 0 Å². The standard InChI is InChI=1S/C9H16O6/c1-2-11-8(10)7-9-14-12-5-3-4-6-13-15-9/h9H,2-7H2,1H3. The third-order valence-corrected chi connectivity index (χ3v) is 1.69. The summed E-state index contributed by atoms with van der Waals surface area (Å²) in [4.78, 5) is 30.4. The maximum absolute atomic E-state index is 11.1. The summed E-state index contributed by atoms with van der Waals surface area (Å²) in [7, 11) is 0. The van der Waals surface area contributed by atoms with Crippen molar-refractivity contribution < 1.29 is 29.1 Å². The predicted molar refractivity (Wildman–Crippen MR) is 48.3 cm³/mol. The number of carbonyl (C=O) groups excluding carboxylic acids is 1.